The number of benzene rings is 2. The molecule has 0 saturated heterocycles. The number of aliphatic hydroxyl groups is 2. The fourth-order valence-corrected chi connectivity index (χ4v) is 3.34. The smallest absolute Gasteiger partial charge is 0.330 e. The maximum Gasteiger partial charge on any atom is 0.330 e. The molecule has 0 spiro atoms. The van der Waals surface area contributed by atoms with Crippen LogP contribution in [0.5, 0.6) is 0 Å². The van der Waals surface area contributed by atoms with Crippen molar-refractivity contribution in [3.05, 3.63) is 68.5 Å². The van der Waals surface area contributed by atoms with Gasteiger partial charge in [-0.3, -0.25) is 9.59 Å². The Morgan fingerprint density at radius 1 is 0.744 bits per heavy atom. The van der Waals surface area contributed by atoms with Crippen LogP contribution >= 0.6 is 0 Å². The molecule has 2 aromatic carbocycles. The Bertz CT molecular complexity index is 1630. The second kappa shape index (κ2) is 12.3. The topological polar surface area (TPSA) is 260 Å². The minimum absolute atomic E-state index is 0.183. The highest BCUT2D eigenvalue weighted by atomic mass is 16.5. The molecule has 2 amide bonds. The molecule has 2 unspecified atom stereocenters. The van der Waals surface area contributed by atoms with Crippen molar-refractivity contribution < 1.29 is 39.2 Å². The highest BCUT2D eigenvalue weighted by Gasteiger charge is 2.22. The van der Waals surface area contributed by atoms with E-state index in [0.29, 0.717) is 22.1 Å². The van der Waals surface area contributed by atoms with Crippen LogP contribution in [-0.2, 0) is 14.3 Å². The van der Waals surface area contributed by atoms with E-state index >= 15 is 0 Å². The molecular weight excluding hydrogens is 520 g/mol. The van der Waals surface area contributed by atoms with Gasteiger partial charge in [0.1, 0.15) is 0 Å². The molecule has 4 aromatic rings. The number of aromatic amines is 4. The van der Waals surface area contributed by atoms with Crippen molar-refractivity contribution in [3.63, 3.8) is 0 Å². The first-order valence-corrected chi connectivity index (χ1v) is 11.1. The fraction of sp³-hybridized carbons (Fsp3) is 0.217. The van der Waals surface area contributed by atoms with E-state index in [2.05, 4.69) is 35.3 Å². The number of carboxylic acid groups (broad SMARTS) is 1. The summed E-state index contributed by atoms with van der Waals surface area (Å²) in [5.41, 5.74) is 1.68. The number of hydrogen-bond donors (Lipinski definition) is 9. The van der Waals surface area contributed by atoms with Crippen LogP contribution in [0.2, 0.25) is 0 Å². The van der Waals surface area contributed by atoms with E-state index in [1.165, 1.54) is 30.3 Å². The Balaban J connectivity index is 0.000000216. The first-order chi connectivity index (χ1) is 18.6. The van der Waals surface area contributed by atoms with E-state index in [1.807, 2.05) is 0 Å². The minimum Gasteiger partial charge on any atom is -0.480 e. The summed E-state index contributed by atoms with van der Waals surface area (Å²) in [5, 5.41) is 31.1. The third-order valence-electron chi connectivity index (χ3n) is 5.32. The Labute approximate surface area is 217 Å². The number of aliphatic carboxylic acids is 1. The summed E-state index contributed by atoms with van der Waals surface area (Å²) in [6.45, 7) is -1.27. The molecule has 16 heteroatoms. The second-order valence-electron chi connectivity index (χ2n) is 7.96. The average molecular weight is 544 g/mol. The molecule has 0 aliphatic heterocycles. The number of aliphatic hydroxyl groups excluding tert-OH is 2. The normalized spacial score (nSPS) is 12.2. The van der Waals surface area contributed by atoms with Crippen molar-refractivity contribution in [2.45, 2.75) is 12.1 Å². The molecular formula is C23H24N6O10. The molecule has 2 atom stereocenters. The van der Waals surface area contributed by atoms with Gasteiger partial charge in [-0.25, -0.2) is 19.2 Å². The van der Waals surface area contributed by atoms with Crippen LogP contribution in [0.4, 0.5) is 0 Å². The Morgan fingerprint density at radius 2 is 1.15 bits per heavy atom. The number of carbonyl (C=O) groups is 4. The molecule has 39 heavy (non-hydrogen) atoms. The summed E-state index contributed by atoms with van der Waals surface area (Å²) in [4.78, 5) is 77.9. The molecule has 0 bridgehead atoms. The van der Waals surface area contributed by atoms with E-state index in [9.17, 15) is 28.8 Å². The van der Waals surface area contributed by atoms with E-state index < -0.39 is 54.7 Å². The SMILES string of the molecule is COC(=O)C(CO)NC(=O)c1ccc2[nH]c(=O)[nH]c2c1.O=C(NC(CO)C(=O)O)c1ccc2[nH]c(=O)[nH]c2c1. The van der Waals surface area contributed by atoms with Crippen molar-refractivity contribution in [1.82, 2.24) is 30.6 Å². The van der Waals surface area contributed by atoms with E-state index in [0.717, 1.165) is 7.11 Å². The number of rotatable bonds is 8. The summed E-state index contributed by atoms with van der Waals surface area (Å²) in [7, 11) is 1.16. The number of carbonyl (C=O) groups excluding carboxylic acids is 3. The van der Waals surface area contributed by atoms with Crippen LogP contribution < -0.4 is 22.0 Å². The van der Waals surface area contributed by atoms with Crippen LogP contribution in [0.15, 0.2) is 46.0 Å². The number of fused-ring (bicyclic) bond motifs is 2. The standard InChI is InChI=1S/C12H13N3O5.C11H11N3O5/c1-20-11(18)9(5-16)13-10(17)6-2-3-7-8(4-6)15-12(19)14-7;15-4-8(10(17)18)12-9(16)5-1-2-6-7(3-5)14-11(19)13-6/h2-4,9,16H,5H2,1H3,(H,13,17)(H2,14,15,19);1-3,8,15H,4H2,(H,12,16)(H,17,18)(H2,13,14,19). The average Bonchev–Trinajstić information content (AvgIpc) is 3.48. The lowest BCUT2D eigenvalue weighted by Gasteiger charge is -2.13. The zero-order valence-electron chi connectivity index (χ0n) is 20.2. The quantitative estimate of drug-likeness (QED) is 0.112. The van der Waals surface area contributed by atoms with Gasteiger partial charge in [0.15, 0.2) is 12.1 Å². The highest BCUT2D eigenvalue weighted by Crippen LogP contribution is 2.11. The maximum atomic E-state index is 12.0. The predicted molar refractivity (Wildman–Crippen MR) is 134 cm³/mol. The Kier molecular flexibility index (Phi) is 8.98. The number of methoxy groups -OCH3 is 1. The molecule has 2 aromatic heterocycles. The first kappa shape index (κ1) is 28.4. The Morgan fingerprint density at radius 3 is 1.54 bits per heavy atom. The van der Waals surface area contributed by atoms with Crippen LogP contribution in [0.3, 0.4) is 0 Å². The van der Waals surface area contributed by atoms with Gasteiger partial charge in [-0.1, -0.05) is 0 Å². The van der Waals surface area contributed by atoms with Crippen molar-refractivity contribution in [2.24, 2.45) is 0 Å². The first-order valence-electron chi connectivity index (χ1n) is 11.1. The van der Waals surface area contributed by atoms with Gasteiger partial charge in [-0.05, 0) is 36.4 Å². The summed E-state index contributed by atoms with van der Waals surface area (Å²) in [6, 6.07) is 6.41. The third kappa shape index (κ3) is 6.96. The van der Waals surface area contributed by atoms with Gasteiger partial charge in [0.25, 0.3) is 11.8 Å². The molecule has 0 radical (unpaired) electrons. The van der Waals surface area contributed by atoms with Gasteiger partial charge < -0.3 is 50.6 Å². The monoisotopic (exact) mass is 544 g/mol. The maximum absolute atomic E-state index is 12.0. The van der Waals surface area contributed by atoms with Crippen LogP contribution in [-0.4, -0.2) is 91.4 Å². The van der Waals surface area contributed by atoms with Crippen LogP contribution in [0.25, 0.3) is 22.1 Å². The van der Waals surface area contributed by atoms with Crippen molar-refractivity contribution in [1.29, 1.82) is 0 Å². The highest BCUT2D eigenvalue weighted by molar-refractivity contribution is 6.00. The lowest BCUT2D eigenvalue weighted by molar-refractivity contribution is -0.144. The fourth-order valence-electron chi connectivity index (χ4n) is 3.34. The van der Waals surface area contributed by atoms with Gasteiger partial charge >= 0.3 is 23.3 Å². The molecule has 206 valence electrons. The minimum atomic E-state index is -1.37. The van der Waals surface area contributed by atoms with Crippen LogP contribution in [0, 0.1) is 0 Å². The number of amides is 2. The Hall–Kier alpha value is -5.22. The summed E-state index contributed by atoms with van der Waals surface area (Å²) < 4.78 is 4.45. The molecule has 0 aliphatic carbocycles. The molecule has 0 aliphatic rings. The van der Waals surface area contributed by atoms with E-state index in [-0.39, 0.29) is 16.8 Å². The number of hydrogen-bond acceptors (Lipinski definition) is 9. The number of aromatic nitrogens is 4. The summed E-state index contributed by atoms with van der Waals surface area (Å²) in [5.74, 6) is -3.27. The van der Waals surface area contributed by atoms with Gasteiger partial charge in [0.2, 0.25) is 0 Å². The van der Waals surface area contributed by atoms with E-state index in [4.69, 9.17) is 15.3 Å². The van der Waals surface area contributed by atoms with Gasteiger partial charge in [-0.15, -0.1) is 0 Å². The molecule has 9 N–H and O–H groups in total. The second-order valence-corrected chi connectivity index (χ2v) is 7.96. The lowest BCUT2D eigenvalue weighted by atomic mass is 10.1. The number of imidazole rings is 2. The predicted octanol–water partition coefficient (Wildman–Crippen LogP) is -1.85. The zero-order chi connectivity index (χ0) is 28.7. The van der Waals surface area contributed by atoms with Crippen molar-refractivity contribution >= 4 is 45.8 Å². The summed E-state index contributed by atoms with van der Waals surface area (Å²) >= 11 is 0. The van der Waals surface area contributed by atoms with Gasteiger partial charge in [-0.2, -0.15) is 0 Å². The van der Waals surface area contributed by atoms with Gasteiger partial charge in [0, 0.05) is 11.1 Å². The van der Waals surface area contributed by atoms with Crippen LogP contribution in [0.1, 0.15) is 20.7 Å². The van der Waals surface area contributed by atoms with E-state index in [1.54, 1.807) is 6.07 Å². The number of esters is 1. The molecule has 16 nitrogen and oxygen atoms in total. The number of carboxylic acids is 1. The summed E-state index contributed by atoms with van der Waals surface area (Å²) in [6.07, 6.45) is 0. The molecule has 2 heterocycles. The number of nitrogens with one attached hydrogen (secondary N) is 6. The number of ether oxygens (including phenoxy) is 1. The van der Waals surface area contributed by atoms with Crippen molar-refractivity contribution in [3.8, 4) is 0 Å². The molecule has 0 saturated carbocycles. The lowest BCUT2D eigenvalue weighted by Crippen LogP contribution is -2.44. The molecule has 0 fully saturated rings. The third-order valence-corrected chi connectivity index (χ3v) is 5.32. The molecule has 4 rings (SSSR count). The largest absolute Gasteiger partial charge is 0.480 e. The van der Waals surface area contributed by atoms with Crippen molar-refractivity contribution in [2.75, 3.05) is 20.3 Å². The zero-order valence-corrected chi connectivity index (χ0v) is 20.2. The van der Waals surface area contributed by atoms with Gasteiger partial charge in [0.05, 0.1) is 42.4 Å². The number of H-pyrrole nitrogens is 4.